The van der Waals surface area contributed by atoms with Crippen LogP contribution in [0, 0.1) is 0 Å². The summed E-state index contributed by atoms with van der Waals surface area (Å²) in [6.45, 7) is 2.34. The van der Waals surface area contributed by atoms with Crippen LogP contribution in [0.1, 0.15) is 24.9 Å². The van der Waals surface area contributed by atoms with Gasteiger partial charge >= 0.3 is 0 Å². The number of hydrogen-bond acceptors (Lipinski definition) is 4. The summed E-state index contributed by atoms with van der Waals surface area (Å²) in [5, 5.41) is 0.661. The maximum Gasteiger partial charge on any atom is 0.218 e. The van der Waals surface area contributed by atoms with Gasteiger partial charge in [-0.15, -0.1) is 0 Å². The highest BCUT2D eigenvalue weighted by molar-refractivity contribution is 7.91. The molecule has 1 amide bonds. The molecule has 0 radical (unpaired) electrons. The van der Waals surface area contributed by atoms with Crippen molar-refractivity contribution in [2.24, 2.45) is 5.73 Å². The number of nitrogens with zero attached hydrogens (tertiary/aromatic N) is 1. The van der Waals surface area contributed by atoms with Gasteiger partial charge in [0.05, 0.1) is 11.5 Å². The lowest BCUT2D eigenvalue weighted by molar-refractivity contribution is -0.117. The number of benzene rings is 1. The number of rotatable bonds is 8. The molecule has 0 aliphatic heterocycles. The van der Waals surface area contributed by atoms with Crippen molar-refractivity contribution >= 4 is 27.3 Å². The molecule has 1 aromatic rings. The van der Waals surface area contributed by atoms with E-state index in [-0.39, 0.29) is 24.0 Å². The van der Waals surface area contributed by atoms with Crippen molar-refractivity contribution in [2.75, 3.05) is 25.1 Å². The van der Waals surface area contributed by atoms with Gasteiger partial charge in [0.1, 0.15) is 0 Å². The van der Waals surface area contributed by atoms with Crippen LogP contribution in [0.25, 0.3) is 0 Å². The van der Waals surface area contributed by atoms with Gasteiger partial charge in [0.2, 0.25) is 5.91 Å². The summed E-state index contributed by atoms with van der Waals surface area (Å²) in [6.07, 6.45) is -0.133. The number of carbonyl (C=O) groups excluding carboxylic acids is 1. The van der Waals surface area contributed by atoms with Gasteiger partial charge in [0, 0.05) is 24.0 Å². The van der Waals surface area contributed by atoms with Gasteiger partial charge in [0.15, 0.2) is 9.84 Å². The number of hydrogen-bond donors (Lipinski definition) is 1. The minimum absolute atomic E-state index is 0.00467. The molecule has 1 rings (SSSR count). The Bertz CT molecular complexity index is 590. The largest absolute Gasteiger partial charge is 0.370 e. The second-order valence-electron chi connectivity index (χ2n) is 5.05. The van der Waals surface area contributed by atoms with Crippen LogP contribution in [0.15, 0.2) is 24.3 Å². The average molecular weight is 333 g/mol. The number of carbonyl (C=O) groups is 1. The lowest BCUT2D eigenvalue weighted by Crippen LogP contribution is -2.30. The molecule has 0 spiro atoms. The standard InChI is InChI=1S/C14H21ClN2O3S/c1-11(12-5-3-4-6-13(12)15)17(2)8-10-21(19,20)9-7-14(16)18/h3-6,11H,7-10H2,1-2H3,(H2,16,18)/t11-/m1/s1. The van der Waals surface area contributed by atoms with Crippen molar-refractivity contribution in [3.63, 3.8) is 0 Å². The molecule has 2 N–H and O–H groups in total. The molecular formula is C14H21ClN2O3S. The van der Waals surface area contributed by atoms with E-state index in [1.54, 1.807) is 0 Å². The maximum absolute atomic E-state index is 11.8. The third kappa shape index (κ3) is 6.03. The van der Waals surface area contributed by atoms with Gasteiger partial charge in [-0.05, 0) is 25.6 Å². The molecule has 5 nitrogen and oxygen atoms in total. The summed E-state index contributed by atoms with van der Waals surface area (Å²) >= 11 is 6.14. The first-order valence-corrected chi connectivity index (χ1v) is 8.86. The first kappa shape index (κ1) is 17.9. The Kier molecular flexibility index (Phi) is 6.64. The normalized spacial score (nSPS) is 13.3. The Morgan fingerprint density at radius 2 is 1.95 bits per heavy atom. The molecule has 0 fully saturated rings. The second kappa shape index (κ2) is 7.77. The topological polar surface area (TPSA) is 80.5 Å². The molecule has 0 saturated carbocycles. The van der Waals surface area contributed by atoms with Crippen molar-refractivity contribution in [1.82, 2.24) is 4.90 Å². The van der Waals surface area contributed by atoms with Crippen LogP contribution >= 0.6 is 11.6 Å². The summed E-state index contributed by atoms with van der Waals surface area (Å²) in [6, 6.07) is 7.49. The molecule has 0 aliphatic rings. The van der Waals surface area contributed by atoms with Gasteiger partial charge in [-0.2, -0.15) is 0 Å². The summed E-state index contributed by atoms with van der Waals surface area (Å²) in [5.74, 6) is -0.807. The minimum Gasteiger partial charge on any atom is -0.370 e. The van der Waals surface area contributed by atoms with Gasteiger partial charge in [0.25, 0.3) is 0 Å². The van der Waals surface area contributed by atoms with Crippen LogP contribution in [0.2, 0.25) is 5.02 Å². The van der Waals surface area contributed by atoms with Crippen LogP contribution in [0.5, 0.6) is 0 Å². The summed E-state index contributed by atoms with van der Waals surface area (Å²) in [5.41, 5.74) is 5.92. The van der Waals surface area contributed by atoms with E-state index >= 15 is 0 Å². The van der Waals surface area contributed by atoms with Gasteiger partial charge in [-0.25, -0.2) is 8.42 Å². The van der Waals surface area contributed by atoms with Crippen molar-refractivity contribution < 1.29 is 13.2 Å². The molecule has 118 valence electrons. The third-order valence-corrected chi connectivity index (χ3v) is 5.41. The van der Waals surface area contributed by atoms with Crippen LogP contribution < -0.4 is 5.73 Å². The monoisotopic (exact) mass is 332 g/mol. The fourth-order valence-electron chi connectivity index (χ4n) is 1.89. The molecule has 1 aromatic carbocycles. The molecule has 0 aromatic heterocycles. The molecule has 0 aliphatic carbocycles. The predicted molar refractivity (Wildman–Crippen MR) is 85.0 cm³/mol. The van der Waals surface area contributed by atoms with Crippen LogP contribution in [-0.4, -0.2) is 44.3 Å². The van der Waals surface area contributed by atoms with Crippen molar-refractivity contribution in [3.05, 3.63) is 34.9 Å². The van der Waals surface area contributed by atoms with Gasteiger partial charge in [-0.3, -0.25) is 9.69 Å². The smallest absolute Gasteiger partial charge is 0.218 e. The van der Waals surface area contributed by atoms with E-state index in [4.69, 9.17) is 17.3 Å². The molecule has 0 bridgehead atoms. The highest BCUT2D eigenvalue weighted by Crippen LogP contribution is 2.25. The van der Waals surface area contributed by atoms with Gasteiger partial charge in [-0.1, -0.05) is 29.8 Å². The molecule has 0 heterocycles. The molecule has 0 saturated heterocycles. The molecule has 21 heavy (non-hydrogen) atoms. The molecule has 7 heteroatoms. The van der Waals surface area contributed by atoms with E-state index in [0.29, 0.717) is 11.6 Å². The minimum atomic E-state index is -3.27. The average Bonchev–Trinajstić information content (AvgIpc) is 2.42. The Hall–Kier alpha value is -1.11. The van der Waals surface area contributed by atoms with E-state index in [9.17, 15) is 13.2 Å². The first-order chi connectivity index (χ1) is 9.73. The summed E-state index contributed by atoms with van der Waals surface area (Å²) in [7, 11) is -1.43. The Labute approximate surface area is 131 Å². The van der Waals surface area contributed by atoms with E-state index < -0.39 is 15.7 Å². The number of primary amides is 1. The van der Waals surface area contributed by atoms with Crippen LogP contribution in [-0.2, 0) is 14.6 Å². The zero-order chi connectivity index (χ0) is 16.0. The fourth-order valence-corrected chi connectivity index (χ4v) is 3.46. The quantitative estimate of drug-likeness (QED) is 0.784. The lowest BCUT2D eigenvalue weighted by atomic mass is 10.1. The van der Waals surface area contributed by atoms with E-state index in [2.05, 4.69) is 0 Å². The van der Waals surface area contributed by atoms with Crippen molar-refractivity contribution in [1.29, 1.82) is 0 Å². The Balaban J connectivity index is 2.59. The van der Waals surface area contributed by atoms with Crippen LogP contribution in [0.3, 0.4) is 0 Å². The number of nitrogens with two attached hydrogens (primary N) is 1. The zero-order valence-corrected chi connectivity index (χ0v) is 13.8. The van der Waals surface area contributed by atoms with E-state index in [1.807, 2.05) is 43.1 Å². The van der Waals surface area contributed by atoms with Gasteiger partial charge < -0.3 is 5.73 Å². The summed E-state index contributed by atoms with van der Waals surface area (Å²) < 4.78 is 23.6. The first-order valence-electron chi connectivity index (χ1n) is 6.66. The molecule has 1 atom stereocenters. The highest BCUT2D eigenvalue weighted by atomic mass is 35.5. The predicted octanol–water partition coefficient (Wildman–Crippen LogP) is 1.62. The second-order valence-corrected chi connectivity index (χ2v) is 7.76. The van der Waals surface area contributed by atoms with Crippen molar-refractivity contribution in [2.45, 2.75) is 19.4 Å². The number of sulfone groups is 1. The molecular weight excluding hydrogens is 312 g/mol. The van der Waals surface area contributed by atoms with E-state index in [1.165, 1.54) is 0 Å². The lowest BCUT2D eigenvalue weighted by Gasteiger charge is -2.25. The Morgan fingerprint density at radius 1 is 1.33 bits per heavy atom. The molecule has 0 unspecified atom stereocenters. The number of amides is 1. The SMILES string of the molecule is C[C@H](c1ccccc1Cl)N(C)CCS(=O)(=O)CCC(N)=O. The fraction of sp³-hybridized carbons (Fsp3) is 0.500. The van der Waals surface area contributed by atoms with E-state index in [0.717, 1.165) is 5.56 Å². The van der Waals surface area contributed by atoms with Crippen LogP contribution in [0.4, 0.5) is 0 Å². The number of halogens is 1. The third-order valence-electron chi connectivity index (χ3n) is 3.43. The zero-order valence-electron chi connectivity index (χ0n) is 12.3. The maximum atomic E-state index is 11.8. The summed E-state index contributed by atoms with van der Waals surface area (Å²) in [4.78, 5) is 12.6. The Morgan fingerprint density at radius 3 is 2.52 bits per heavy atom. The highest BCUT2D eigenvalue weighted by Gasteiger charge is 2.18. The van der Waals surface area contributed by atoms with Crippen molar-refractivity contribution in [3.8, 4) is 0 Å².